The van der Waals surface area contributed by atoms with Crippen molar-refractivity contribution in [2.45, 2.75) is 44.9 Å². The number of carbonyl (C=O) groups is 1. The van der Waals surface area contributed by atoms with Crippen LogP contribution in [-0.4, -0.2) is 65.8 Å². The Kier molecular flexibility index (Phi) is 6.45. The Hall–Kier alpha value is -1.43. The molecule has 3 atom stereocenters. The third kappa shape index (κ3) is 5.27. The van der Waals surface area contributed by atoms with E-state index in [1.54, 1.807) is 0 Å². The van der Waals surface area contributed by atoms with Crippen molar-refractivity contribution >= 4 is 5.91 Å². The molecule has 25 heavy (non-hydrogen) atoms. The van der Waals surface area contributed by atoms with E-state index in [-0.39, 0.29) is 24.0 Å². The Bertz CT molecular complexity index is 549. The SMILES string of the molecule is CC(O)C1CCCN(C(=O)CC2CN(Cc3ccccc3)CCO2)C1. The summed E-state index contributed by atoms with van der Waals surface area (Å²) in [6.45, 7) is 6.61. The number of nitrogens with zero attached hydrogens (tertiary/aromatic N) is 2. The Balaban J connectivity index is 1.49. The summed E-state index contributed by atoms with van der Waals surface area (Å²) in [5.41, 5.74) is 1.30. The summed E-state index contributed by atoms with van der Waals surface area (Å²) in [5.74, 6) is 0.372. The van der Waals surface area contributed by atoms with Crippen molar-refractivity contribution in [3.63, 3.8) is 0 Å². The second kappa shape index (κ2) is 8.79. The minimum atomic E-state index is -0.345. The molecule has 2 fully saturated rings. The summed E-state index contributed by atoms with van der Waals surface area (Å²) < 4.78 is 5.84. The Morgan fingerprint density at radius 1 is 1.28 bits per heavy atom. The molecular formula is C20H30N2O3. The van der Waals surface area contributed by atoms with Crippen LogP contribution in [0.15, 0.2) is 30.3 Å². The molecular weight excluding hydrogens is 316 g/mol. The number of carbonyl (C=O) groups excluding carboxylic acids is 1. The Morgan fingerprint density at radius 2 is 2.08 bits per heavy atom. The van der Waals surface area contributed by atoms with Crippen LogP contribution in [0.1, 0.15) is 31.7 Å². The zero-order chi connectivity index (χ0) is 17.6. The van der Waals surface area contributed by atoms with Crippen LogP contribution in [0.3, 0.4) is 0 Å². The zero-order valence-corrected chi connectivity index (χ0v) is 15.1. The van der Waals surface area contributed by atoms with Gasteiger partial charge in [-0.1, -0.05) is 30.3 Å². The van der Waals surface area contributed by atoms with Gasteiger partial charge in [-0.05, 0) is 25.3 Å². The van der Waals surface area contributed by atoms with E-state index in [2.05, 4.69) is 29.2 Å². The van der Waals surface area contributed by atoms with E-state index >= 15 is 0 Å². The van der Waals surface area contributed by atoms with Crippen LogP contribution in [0.25, 0.3) is 0 Å². The molecule has 5 nitrogen and oxygen atoms in total. The fraction of sp³-hybridized carbons (Fsp3) is 0.650. The van der Waals surface area contributed by atoms with E-state index < -0.39 is 0 Å². The fourth-order valence-corrected chi connectivity index (χ4v) is 3.84. The van der Waals surface area contributed by atoms with Crippen molar-refractivity contribution in [1.82, 2.24) is 9.80 Å². The molecule has 5 heteroatoms. The molecule has 1 N–H and O–H groups in total. The molecule has 1 amide bonds. The lowest BCUT2D eigenvalue weighted by atomic mass is 9.93. The number of benzene rings is 1. The van der Waals surface area contributed by atoms with Gasteiger partial charge in [0, 0.05) is 38.6 Å². The molecule has 1 aromatic rings. The Morgan fingerprint density at radius 3 is 2.84 bits per heavy atom. The monoisotopic (exact) mass is 346 g/mol. The van der Waals surface area contributed by atoms with Crippen LogP contribution in [0.5, 0.6) is 0 Å². The molecule has 1 aromatic carbocycles. The number of likely N-dealkylation sites (tertiary alicyclic amines) is 1. The fourth-order valence-electron chi connectivity index (χ4n) is 3.84. The third-order valence-corrected chi connectivity index (χ3v) is 5.37. The highest BCUT2D eigenvalue weighted by Gasteiger charge is 2.29. The lowest BCUT2D eigenvalue weighted by Gasteiger charge is -2.37. The van der Waals surface area contributed by atoms with E-state index in [1.807, 2.05) is 17.9 Å². The summed E-state index contributed by atoms with van der Waals surface area (Å²) in [6.07, 6.45) is 2.05. The molecule has 2 aliphatic rings. The van der Waals surface area contributed by atoms with Crippen LogP contribution >= 0.6 is 0 Å². The van der Waals surface area contributed by atoms with Gasteiger partial charge in [0.25, 0.3) is 0 Å². The van der Waals surface area contributed by atoms with Gasteiger partial charge in [0.05, 0.1) is 25.2 Å². The van der Waals surface area contributed by atoms with Crippen LogP contribution in [0.4, 0.5) is 0 Å². The van der Waals surface area contributed by atoms with Gasteiger partial charge in [0.2, 0.25) is 5.91 Å². The molecule has 2 aliphatic heterocycles. The normalized spacial score (nSPS) is 26.4. The largest absolute Gasteiger partial charge is 0.393 e. The van der Waals surface area contributed by atoms with E-state index in [9.17, 15) is 9.90 Å². The van der Waals surface area contributed by atoms with E-state index in [1.165, 1.54) is 5.56 Å². The average Bonchev–Trinajstić information content (AvgIpc) is 2.63. The van der Waals surface area contributed by atoms with Crippen LogP contribution in [0.2, 0.25) is 0 Å². The highest BCUT2D eigenvalue weighted by molar-refractivity contribution is 5.76. The molecule has 138 valence electrons. The van der Waals surface area contributed by atoms with Gasteiger partial charge in [-0.25, -0.2) is 0 Å². The van der Waals surface area contributed by atoms with Gasteiger partial charge in [0.15, 0.2) is 0 Å². The summed E-state index contributed by atoms with van der Waals surface area (Å²) in [6, 6.07) is 10.4. The van der Waals surface area contributed by atoms with Crippen molar-refractivity contribution in [2.75, 3.05) is 32.8 Å². The standard InChI is InChI=1S/C20H30N2O3/c1-16(23)18-8-5-9-22(14-18)20(24)12-19-15-21(10-11-25-19)13-17-6-3-2-4-7-17/h2-4,6-7,16,18-19,23H,5,8-15H2,1H3. The maximum Gasteiger partial charge on any atom is 0.225 e. The first-order valence-electron chi connectivity index (χ1n) is 9.45. The molecule has 2 heterocycles. The predicted molar refractivity (Wildman–Crippen MR) is 97.1 cm³/mol. The van der Waals surface area contributed by atoms with Gasteiger partial charge < -0.3 is 14.7 Å². The topological polar surface area (TPSA) is 53.0 Å². The van der Waals surface area contributed by atoms with Gasteiger partial charge in [0.1, 0.15) is 0 Å². The van der Waals surface area contributed by atoms with E-state index in [4.69, 9.17) is 4.74 Å². The molecule has 3 rings (SSSR count). The highest BCUT2D eigenvalue weighted by Crippen LogP contribution is 2.21. The summed E-state index contributed by atoms with van der Waals surface area (Å²) >= 11 is 0. The predicted octanol–water partition coefficient (Wildman–Crippen LogP) is 1.90. The van der Waals surface area contributed by atoms with Crippen molar-refractivity contribution < 1.29 is 14.6 Å². The first-order valence-corrected chi connectivity index (χ1v) is 9.45. The molecule has 0 saturated carbocycles. The maximum absolute atomic E-state index is 12.6. The number of aliphatic hydroxyl groups is 1. The lowest BCUT2D eigenvalue weighted by molar-refractivity contribution is -0.138. The van der Waals surface area contributed by atoms with Crippen LogP contribution < -0.4 is 0 Å². The number of morpholine rings is 1. The highest BCUT2D eigenvalue weighted by atomic mass is 16.5. The second-order valence-electron chi connectivity index (χ2n) is 7.40. The number of hydrogen-bond donors (Lipinski definition) is 1. The lowest BCUT2D eigenvalue weighted by Crippen LogP contribution is -2.47. The van der Waals surface area contributed by atoms with E-state index in [0.29, 0.717) is 19.6 Å². The number of amides is 1. The molecule has 0 radical (unpaired) electrons. The number of aliphatic hydroxyl groups excluding tert-OH is 1. The van der Waals surface area contributed by atoms with Gasteiger partial charge in [-0.2, -0.15) is 0 Å². The first-order chi connectivity index (χ1) is 12.1. The molecule has 0 aliphatic carbocycles. The first kappa shape index (κ1) is 18.4. The molecule has 0 bridgehead atoms. The molecule has 0 aromatic heterocycles. The molecule has 3 unspecified atom stereocenters. The van der Waals surface area contributed by atoms with Crippen molar-refractivity contribution in [3.8, 4) is 0 Å². The quantitative estimate of drug-likeness (QED) is 0.885. The molecule has 2 saturated heterocycles. The van der Waals surface area contributed by atoms with Gasteiger partial charge >= 0.3 is 0 Å². The van der Waals surface area contributed by atoms with E-state index in [0.717, 1.165) is 39.0 Å². The smallest absolute Gasteiger partial charge is 0.225 e. The number of ether oxygens (including phenoxy) is 1. The minimum absolute atomic E-state index is 0.0307. The number of rotatable bonds is 5. The average molecular weight is 346 g/mol. The van der Waals surface area contributed by atoms with Crippen molar-refractivity contribution in [2.24, 2.45) is 5.92 Å². The maximum atomic E-state index is 12.6. The van der Waals surface area contributed by atoms with Crippen molar-refractivity contribution in [3.05, 3.63) is 35.9 Å². The third-order valence-electron chi connectivity index (χ3n) is 5.37. The number of piperidine rings is 1. The zero-order valence-electron chi connectivity index (χ0n) is 15.1. The van der Waals surface area contributed by atoms with Crippen molar-refractivity contribution in [1.29, 1.82) is 0 Å². The van der Waals surface area contributed by atoms with Gasteiger partial charge in [-0.15, -0.1) is 0 Å². The Labute approximate surface area is 150 Å². The minimum Gasteiger partial charge on any atom is -0.393 e. The summed E-state index contributed by atoms with van der Waals surface area (Å²) in [7, 11) is 0. The van der Waals surface area contributed by atoms with Crippen LogP contribution in [0, 0.1) is 5.92 Å². The summed E-state index contributed by atoms with van der Waals surface area (Å²) in [4.78, 5) is 16.9. The second-order valence-corrected chi connectivity index (χ2v) is 7.40. The van der Waals surface area contributed by atoms with Gasteiger partial charge in [-0.3, -0.25) is 9.69 Å². The van der Waals surface area contributed by atoms with Crippen LogP contribution in [-0.2, 0) is 16.1 Å². The number of hydrogen-bond acceptors (Lipinski definition) is 4. The molecule has 0 spiro atoms. The summed E-state index contributed by atoms with van der Waals surface area (Å²) in [5, 5.41) is 9.80.